The molecule has 0 aliphatic heterocycles. The lowest BCUT2D eigenvalue weighted by atomic mass is 10.3. The molecule has 1 aromatic heterocycles. The van der Waals surface area contributed by atoms with Crippen LogP contribution < -0.4 is 5.73 Å². The summed E-state index contributed by atoms with van der Waals surface area (Å²) in [5, 5.41) is 6.91. The third kappa shape index (κ3) is 3.85. The van der Waals surface area contributed by atoms with Gasteiger partial charge in [-0.2, -0.15) is 5.10 Å². The molecular weight excluding hydrogens is 180 g/mol. The smallest absolute Gasteiger partial charge is 0.150 e. The second-order valence-electron chi connectivity index (χ2n) is 3.14. The lowest BCUT2D eigenvalue weighted by Crippen LogP contribution is -2.01. The quantitative estimate of drug-likeness (QED) is 0.630. The van der Waals surface area contributed by atoms with Gasteiger partial charge in [-0.25, -0.2) is 4.98 Å². The second kappa shape index (κ2) is 6.50. The first-order chi connectivity index (χ1) is 6.86. The Balaban J connectivity index is 2.27. The fourth-order valence-corrected chi connectivity index (χ4v) is 1.08. The maximum Gasteiger partial charge on any atom is 0.150 e. The summed E-state index contributed by atoms with van der Waals surface area (Å²) in [6.07, 6.45) is 2.78. The summed E-state index contributed by atoms with van der Waals surface area (Å²) in [4.78, 5) is 4.27. The average molecular weight is 198 g/mol. The maximum atomic E-state index is 5.39. The van der Waals surface area contributed by atoms with Gasteiger partial charge in [0.2, 0.25) is 0 Å². The Morgan fingerprint density at radius 3 is 3.07 bits per heavy atom. The Bertz CT molecular complexity index is 249. The molecule has 1 rings (SSSR count). The number of hydrogen-bond acceptors (Lipinski definition) is 4. The average Bonchev–Trinajstić information content (AvgIpc) is 2.63. The van der Waals surface area contributed by atoms with Crippen LogP contribution in [0.4, 0.5) is 0 Å². The van der Waals surface area contributed by atoms with E-state index in [0.717, 1.165) is 37.5 Å². The van der Waals surface area contributed by atoms with Gasteiger partial charge in [0.25, 0.3) is 0 Å². The molecule has 0 amide bonds. The van der Waals surface area contributed by atoms with Crippen LogP contribution >= 0.6 is 0 Å². The molecule has 80 valence electrons. The minimum absolute atomic E-state index is 0.517. The highest BCUT2D eigenvalue weighted by Crippen LogP contribution is 1.98. The molecule has 0 aliphatic rings. The number of H-pyrrole nitrogens is 1. The Kier molecular flexibility index (Phi) is 5.17. The van der Waals surface area contributed by atoms with E-state index in [0.29, 0.717) is 13.2 Å². The lowest BCUT2D eigenvalue weighted by Gasteiger charge is -1.96. The molecule has 0 aromatic carbocycles. The summed E-state index contributed by atoms with van der Waals surface area (Å²) in [6.45, 7) is 4.03. The molecule has 1 aromatic rings. The molecule has 0 saturated heterocycles. The maximum absolute atomic E-state index is 5.39. The van der Waals surface area contributed by atoms with Gasteiger partial charge < -0.3 is 10.5 Å². The normalized spacial score (nSPS) is 10.7. The summed E-state index contributed by atoms with van der Waals surface area (Å²) < 4.78 is 5.33. The summed E-state index contributed by atoms with van der Waals surface area (Å²) in [5.74, 6) is 1.62. The zero-order chi connectivity index (χ0) is 10.2. The van der Waals surface area contributed by atoms with E-state index in [4.69, 9.17) is 10.5 Å². The molecule has 0 spiro atoms. The number of aromatic nitrogens is 3. The number of nitrogens with one attached hydrogen (secondary N) is 1. The molecule has 5 heteroatoms. The first kappa shape index (κ1) is 11.1. The van der Waals surface area contributed by atoms with Crippen LogP contribution in [0.1, 0.15) is 31.4 Å². The molecule has 0 aliphatic carbocycles. The lowest BCUT2D eigenvalue weighted by molar-refractivity contribution is 0.116. The van der Waals surface area contributed by atoms with Crippen LogP contribution in [0.5, 0.6) is 0 Å². The van der Waals surface area contributed by atoms with Crippen LogP contribution in [-0.4, -0.2) is 28.3 Å². The highest BCUT2D eigenvalue weighted by atomic mass is 16.5. The Hall–Kier alpha value is -0.940. The first-order valence-corrected chi connectivity index (χ1v) is 5.04. The number of ether oxygens (including phenoxy) is 1. The molecule has 0 atom stereocenters. The molecule has 0 unspecified atom stereocenters. The van der Waals surface area contributed by atoms with Crippen molar-refractivity contribution in [2.45, 2.75) is 32.8 Å². The predicted molar refractivity (Wildman–Crippen MR) is 53.7 cm³/mol. The highest BCUT2D eigenvalue weighted by molar-refractivity contribution is 4.88. The Labute approximate surface area is 84.1 Å². The van der Waals surface area contributed by atoms with Gasteiger partial charge in [-0.15, -0.1) is 0 Å². The third-order valence-electron chi connectivity index (χ3n) is 1.77. The molecule has 0 radical (unpaired) electrons. The number of aromatic amines is 1. The Morgan fingerprint density at radius 2 is 2.36 bits per heavy atom. The van der Waals surface area contributed by atoms with E-state index in [1.165, 1.54) is 0 Å². The van der Waals surface area contributed by atoms with E-state index in [-0.39, 0.29) is 0 Å². The zero-order valence-electron chi connectivity index (χ0n) is 8.62. The van der Waals surface area contributed by atoms with Crippen molar-refractivity contribution in [3.8, 4) is 0 Å². The number of aryl methyl sites for hydroxylation is 1. The van der Waals surface area contributed by atoms with Gasteiger partial charge in [0.15, 0.2) is 11.6 Å². The van der Waals surface area contributed by atoms with E-state index in [9.17, 15) is 0 Å². The van der Waals surface area contributed by atoms with Crippen LogP contribution in [0.3, 0.4) is 0 Å². The van der Waals surface area contributed by atoms with Crippen molar-refractivity contribution in [2.24, 2.45) is 5.73 Å². The molecule has 0 bridgehead atoms. The van der Waals surface area contributed by atoms with Crippen molar-refractivity contribution in [2.75, 3.05) is 13.2 Å². The van der Waals surface area contributed by atoms with E-state index in [1.807, 2.05) is 0 Å². The SMILES string of the molecule is CCCOCc1nc(CCCN)n[nH]1. The fraction of sp³-hybridized carbons (Fsp3) is 0.778. The minimum Gasteiger partial charge on any atom is -0.373 e. The van der Waals surface area contributed by atoms with Crippen molar-refractivity contribution in [1.29, 1.82) is 0 Å². The molecule has 1 heterocycles. The molecule has 14 heavy (non-hydrogen) atoms. The molecule has 0 saturated carbocycles. The van der Waals surface area contributed by atoms with Gasteiger partial charge in [-0.1, -0.05) is 6.92 Å². The van der Waals surface area contributed by atoms with Crippen LogP contribution in [0.25, 0.3) is 0 Å². The van der Waals surface area contributed by atoms with E-state index < -0.39 is 0 Å². The molecular formula is C9H18N4O. The third-order valence-corrected chi connectivity index (χ3v) is 1.77. The van der Waals surface area contributed by atoms with Crippen LogP contribution in [-0.2, 0) is 17.8 Å². The van der Waals surface area contributed by atoms with Gasteiger partial charge >= 0.3 is 0 Å². The van der Waals surface area contributed by atoms with Crippen molar-refractivity contribution in [1.82, 2.24) is 15.2 Å². The molecule has 5 nitrogen and oxygen atoms in total. The van der Waals surface area contributed by atoms with E-state index >= 15 is 0 Å². The van der Waals surface area contributed by atoms with E-state index in [1.54, 1.807) is 0 Å². The Morgan fingerprint density at radius 1 is 1.50 bits per heavy atom. The summed E-state index contributed by atoms with van der Waals surface area (Å²) in [5.41, 5.74) is 5.39. The van der Waals surface area contributed by atoms with Crippen LogP contribution in [0.2, 0.25) is 0 Å². The van der Waals surface area contributed by atoms with Gasteiger partial charge in [0.1, 0.15) is 6.61 Å². The summed E-state index contributed by atoms with van der Waals surface area (Å²) in [6, 6.07) is 0. The van der Waals surface area contributed by atoms with Gasteiger partial charge in [-0.3, -0.25) is 5.10 Å². The zero-order valence-corrected chi connectivity index (χ0v) is 8.62. The first-order valence-electron chi connectivity index (χ1n) is 5.04. The van der Waals surface area contributed by atoms with Crippen molar-refractivity contribution in [3.05, 3.63) is 11.6 Å². The topological polar surface area (TPSA) is 76.8 Å². The summed E-state index contributed by atoms with van der Waals surface area (Å²) in [7, 11) is 0. The monoisotopic (exact) mass is 198 g/mol. The van der Waals surface area contributed by atoms with Crippen LogP contribution in [0, 0.1) is 0 Å². The van der Waals surface area contributed by atoms with Gasteiger partial charge in [0.05, 0.1) is 0 Å². The van der Waals surface area contributed by atoms with Crippen molar-refractivity contribution in [3.63, 3.8) is 0 Å². The minimum atomic E-state index is 0.517. The largest absolute Gasteiger partial charge is 0.373 e. The standard InChI is InChI=1S/C9H18N4O/c1-2-6-14-7-9-11-8(12-13-9)4-3-5-10/h2-7,10H2,1H3,(H,11,12,13). The van der Waals surface area contributed by atoms with Gasteiger partial charge in [0, 0.05) is 13.0 Å². The number of nitrogens with two attached hydrogens (primary N) is 1. The van der Waals surface area contributed by atoms with Gasteiger partial charge in [-0.05, 0) is 19.4 Å². The van der Waals surface area contributed by atoms with Crippen molar-refractivity contribution >= 4 is 0 Å². The van der Waals surface area contributed by atoms with E-state index in [2.05, 4.69) is 22.1 Å². The number of rotatable bonds is 7. The predicted octanol–water partition coefficient (Wildman–Crippen LogP) is 0.623. The molecule has 3 N–H and O–H groups in total. The van der Waals surface area contributed by atoms with Crippen LogP contribution in [0.15, 0.2) is 0 Å². The fourth-order valence-electron chi connectivity index (χ4n) is 1.08. The second-order valence-corrected chi connectivity index (χ2v) is 3.14. The highest BCUT2D eigenvalue weighted by Gasteiger charge is 2.01. The summed E-state index contributed by atoms with van der Waals surface area (Å²) >= 11 is 0. The number of nitrogens with zero attached hydrogens (tertiary/aromatic N) is 2. The molecule has 0 fully saturated rings. The number of hydrogen-bond donors (Lipinski definition) is 2. The van der Waals surface area contributed by atoms with Crippen molar-refractivity contribution < 1.29 is 4.74 Å².